The smallest absolute Gasteiger partial charge is 0.338 e. The topological polar surface area (TPSA) is 105 Å². The molecule has 40 heavy (non-hydrogen) atoms. The summed E-state index contributed by atoms with van der Waals surface area (Å²) in [6.45, 7) is 9.28. The van der Waals surface area contributed by atoms with Gasteiger partial charge in [0.05, 0.1) is 42.2 Å². The van der Waals surface area contributed by atoms with E-state index < -0.39 is 18.0 Å². The number of aromatic nitrogens is 1. The van der Waals surface area contributed by atoms with E-state index in [1.165, 1.54) is 22.8 Å². The molecule has 0 spiro atoms. The number of methoxy groups -OCH3 is 1. The summed E-state index contributed by atoms with van der Waals surface area (Å²) in [4.78, 5) is 44.1. The lowest BCUT2D eigenvalue weighted by atomic mass is 9.95. The molecule has 0 bridgehead atoms. The van der Waals surface area contributed by atoms with Crippen LogP contribution < -0.4 is 29.1 Å². The van der Waals surface area contributed by atoms with E-state index in [1.54, 1.807) is 38.3 Å². The molecule has 0 amide bonds. The first-order chi connectivity index (χ1) is 19.1. The second-order valence-electron chi connectivity index (χ2n) is 9.58. The maximum Gasteiger partial charge on any atom is 0.338 e. The first-order valence-corrected chi connectivity index (χ1v) is 13.7. The number of hydrogen-bond acceptors (Lipinski definition) is 9. The highest BCUT2D eigenvalue weighted by Crippen LogP contribution is 2.36. The van der Waals surface area contributed by atoms with Gasteiger partial charge in [0, 0.05) is 6.92 Å². The molecule has 0 saturated heterocycles. The molecule has 2 heterocycles. The van der Waals surface area contributed by atoms with Gasteiger partial charge in [0.25, 0.3) is 5.56 Å². The number of carbonyl (C=O) groups is 2. The SMILES string of the molecule is CCOc1cc([C@H]2C(C(=O)OCC(C)C)=C(C)N=c3s/c(=C/c4cccc(OC)c4)c(=O)n32)ccc1OC(C)=O. The lowest BCUT2D eigenvalue weighted by Crippen LogP contribution is -2.40. The Morgan fingerprint density at radius 3 is 2.60 bits per heavy atom. The normalized spacial score (nSPS) is 15.0. The number of ether oxygens (including phenoxy) is 4. The summed E-state index contributed by atoms with van der Waals surface area (Å²) in [5.74, 6) is 0.310. The molecule has 4 rings (SSSR count). The monoisotopic (exact) mass is 564 g/mol. The predicted octanol–water partition coefficient (Wildman–Crippen LogP) is 3.77. The van der Waals surface area contributed by atoms with Crippen LogP contribution in [-0.2, 0) is 14.3 Å². The average Bonchev–Trinajstić information content (AvgIpc) is 3.21. The van der Waals surface area contributed by atoms with Crippen LogP contribution in [0.3, 0.4) is 0 Å². The summed E-state index contributed by atoms with van der Waals surface area (Å²) in [6, 6.07) is 11.5. The van der Waals surface area contributed by atoms with Crippen LogP contribution >= 0.6 is 11.3 Å². The first-order valence-electron chi connectivity index (χ1n) is 12.9. The Hall–Kier alpha value is -4.18. The number of nitrogens with zero attached hydrogens (tertiary/aromatic N) is 2. The second-order valence-corrected chi connectivity index (χ2v) is 10.6. The highest BCUT2D eigenvalue weighted by Gasteiger charge is 2.34. The molecule has 0 aliphatic carbocycles. The lowest BCUT2D eigenvalue weighted by molar-refractivity contribution is -0.140. The maximum absolute atomic E-state index is 13.9. The number of thiazole rings is 1. The van der Waals surface area contributed by atoms with Crippen LogP contribution in [0.15, 0.2) is 63.5 Å². The summed E-state index contributed by atoms with van der Waals surface area (Å²) < 4.78 is 24.0. The zero-order valence-corrected chi connectivity index (χ0v) is 24.2. The Morgan fingerprint density at radius 1 is 1.15 bits per heavy atom. The van der Waals surface area contributed by atoms with Crippen LogP contribution in [-0.4, -0.2) is 36.8 Å². The van der Waals surface area contributed by atoms with Crippen LogP contribution in [0.25, 0.3) is 6.08 Å². The number of hydrogen-bond donors (Lipinski definition) is 0. The summed E-state index contributed by atoms with van der Waals surface area (Å²) in [7, 11) is 1.58. The lowest BCUT2D eigenvalue weighted by Gasteiger charge is -2.25. The van der Waals surface area contributed by atoms with Gasteiger partial charge in [0.2, 0.25) is 0 Å². The molecule has 2 aromatic carbocycles. The van der Waals surface area contributed by atoms with Gasteiger partial charge in [-0.3, -0.25) is 14.2 Å². The molecule has 0 radical (unpaired) electrons. The molecule has 1 aliphatic heterocycles. The van der Waals surface area contributed by atoms with Crippen LogP contribution in [0.1, 0.15) is 51.8 Å². The molecule has 1 atom stereocenters. The molecule has 0 fully saturated rings. The van der Waals surface area contributed by atoms with Crippen molar-refractivity contribution >= 4 is 29.4 Å². The third-order valence-corrected chi connectivity index (χ3v) is 7.00. The molecule has 0 saturated carbocycles. The minimum atomic E-state index is -0.839. The van der Waals surface area contributed by atoms with E-state index in [2.05, 4.69) is 4.99 Å². The van der Waals surface area contributed by atoms with E-state index in [1.807, 2.05) is 45.0 Å². The summed E-state index contributed by atoms with van der Waals surface area (Å²) in [5.41, 5.74) is 1.77. The Morgan fingerprint density at radius 2 is 1.93 bits per heavy atom. The number of allylic oxidation sites excluding steroid dienone is 1. The molecule has 210 valence electrons. The van der Waals surface area contributed by atoms with Crippen molar-refractivity contribution in [1.29, 1.82) is 0 Å². The van der Waals surface area contributed by atoms with Gasteiger partial charge in [0.1, 0.15) is 5.75 Å². The molecule has 0 N–H and O–H groups in total. The van der Waals surface area contributed by atoms with E-state index in [4.69, 9.17) is 18.9 Å². The quantitative estimate of drug-likeness (QED) is 0.288. The van der Waals surface area contributed by atoms with Crippen LogP contribution in [0.5, 0.6) is 17.2 Å². The first kappa shape index (κ1) is 28.8. The zero-order valence-electron chi connectivity index (χ0n) is 23.3. The summed E-state index contributed by atoms with van der Waals surface area (Å²) >= 11 is 1.23. The third-order valence-electron chi connectivity index (χ3n) is 6.02. The number of carbonyl (C=O) groups excluding carboxylic acids is 2. The van der Waals surface area contributed by atoms with Gasteiger partial charge in [-0.15, -0.1) is 0 Å². The van der Waals surface area contributed by atoms with E-state index in [9.17, 15) is 14.4 Å². The largest absolute Gasteiger partial charge is 0.497 e. The molecule has 1 aliphatic rings. The van der Waals surface area contributed by atoms with Gasteiger partial charge >= 0.3 is 11.9 Å². The van der Waals surface area contributed by atoms with Crippen molar-refractivity contribution in [3.8, 4) is 17.2 Å². The number of esters is 2. The van der Waals surface area contributed by atoms with Crippen LogP contribution in [0, 0.1) is 5.92 Å². The van der Waals surface area contributed by atoms with Crippen molar-refractivity contribution in [2.75, 3.05) is 20.3 Å². The Labute approximate surface area is 236 Å². The number of benzene rings is 2. The molecule has 3 aromatic rings. The maximum atomic E-state index is 13.9. The van der Waals surface area contributed by atoms with Gasteiger partial charge in [-0.25, -0.2) is 9.79 Å². The predicted molar refractivity (Wildman–Crippen MR) is 151 cm³/mol. The molecule has 9 nitrogen and oxygen atoms in total. The van der Waals surface area contributed by atoms with Crippen molar-refractivity contribution in [2.24, 2.45) is 10.9 Å². The van der Waals surface area contributed by atoms with E-state index in [0.29, 0.717) is 38.7 Å². The van der Waals surface area contributed by atoms with Crippen molar-refractivity contribution in [2.45, 2.75) is 40.7 Å². The van der Waals surface area contributed by atoms with E-state index in [-0.39, 0.29) is 29.4 Å². The number of rotatable bonds is 9. The molecule has 1 aromatic heterocycles. The molecular formula is C30H32N2O7S. The zero-order chi connectivity index (χ0) is 29.0. The van der Waals surface area contributed by atoms with Gasteiger partial charge < -0.3 is 18.9 Å². The van der Waals surface area contributed by atoms with Crippen molar-refractivity contribution in [3.05, 3.63) is 84.5 Å². The number of fused-ring (bicyclic) bond motifs is 1. The fraction of sp³-hybridized carbons (Fsp3) is 0.333. The summed E-state index contributed by atoms with van der Waals surface area (Å²) in [5, 5.41) is 0. The van der Waals surface area contributed by atoms with E-state index >= 15 is 0 Å². The van der Waals surface area contributed by atoms with Crippen LogP contribution in [0.4, 0.5) is 0 Å². The molecule has 10 heteroatoms. The molecular weight excluding hydrogens is 532 g/mol. The van der Waals surface area contributed by atoms with Crippen molar-refractivity contribution in [1.82, 2.24) is 4.57 Å². The van der Waals surface area contributed by atoms with Gasteiger partial charge in [-0.05, 0) is 61.2 Å². The standard InChI is InChI=1S/C30H32N2O7S/c1-7-37-24-15-21(11-12-23(24)39-19(5)33)27-26(29(35)38-16-17(2)3)18(4)31-30-32(27)28(34)25(40-30)14-20-9-8-10-22(13-20)36-6/h8-15,17,27H,7,16H2,1-6H3/b25-14+/t27-/m0/s1. The highest BCUT2D eigenvalue weighted by molar-refractivity contribution is 7.07. The Bertz CT molecular complexity index is 1650. The fourth-order valence-electron chi connectivity index (χ4n) is 4.30. The fourth-order valence-corrected chi connectivity index (χ4v) is 5.35. The summed E-state index contributed by atoms with van der Waals surface area (Å²) in [6.07, 6.45) is 1.77. The van der Waals surface area contributed by atoms with Gasteiger partial charge in [-0.2, -0.15) is 0 Å². The van der Waals surface area contributed by atoms with Crippen molar-refractivity contribution in [3.63, 3.8) is 0 Å². The minimum absolute atomic E-state index is 0.125. The third kappa shape index (κ3) is 6.17. The van der Waals surface area contributed by atoms with Gasteiger partial charge in [-0.1, -0.05) is 43.4 Å². The van der Waals surface area contributed by atoms with E-state index in [0.717, 1.165) is 5.56 Å². The van der Waals surface area contributed by atoms with Gasteiger partial charge in [0.15, 0.2) is 16.3 Å². The Balaban J connectivity index is 1.93. The van der Waals surface area contributed by atoms with Crippen LogP contribution in [0.2, 0.25) is 0 Å². The second kappa shape index (κ2) is 12.3. The molecule has 0 unspecified atom stereocenters. The highest BCUT2D eigenvalue weighted by atomic mass is 32.1. The minimum Gasteiger partial charge on any atom is -0.497 e. The Kier molecular flexibility index (Phi) is 8.89. The van der Waals surface area contributed by atoms with Crippen molar-refractivity contribution < 1.29 is 28.5 Å². The average molecular weight is 565 g/mol.